The molecule has 1 amide bonds. The van der Waals surface area contributed by atoms with Crippen molar-refractivity contribution in [3.8, 4) is 5.75 Å². The molecule has 4 nitrogen and oxygen atoms in total. The molecule has 0 spiro atoms. The second-order valence-electron chi connectivity index (χ2n) is 7.64. The summed E-state index contributed by atoms with van der Waals surface area (Å²) < 4.78 is 19.1. The Morgan fingerprint density at radius 3 is 2.68 bits per heavy atom. The first kappa shape index (κ1) is 19.6. The zero-order valence-corrected chi connectivity index (χ0v) is 17.6. The van der Waals surface area contributed by atoms with Crippen LogP contribution in [0.25, 0.3) is 10.9 Å². The number of hydrogen-bond donors (Lipinski definition) is 1. The maximum Gasteiger partial charge on any atom is 0.254 e. The van der Waals surface area contributed by atoms with E-state index in [9.17, 15) is 9.18 Å². The van der Waals surface area contributed by atoms with Crippen LogP contribution in [0.5, 0.6) is 5.75 Å². The van der Waals surface area contributed by atoms with Crippen molar-refractivity contribution in [2.75, 3.05) is 13.7 Å². The highest BCUT2D eigenvalue weighted by Gasteiger charge is 2.35. The second-order valence-corrected chi connectivity index (χ2v) is 8.08. The van der Waals surface area contributed by atoms with Crippen molar-refractivity contribution >= 4 is 28.4 Å². The first-order valence-electron chi connectivity index (χ1n) is 10.1. The minimum Gasteiger partial charge on any atom is -0.497 e. The Morgan fingerprint density at radius 1 is 1.13 bits per heavy atom. The molecule has 1 N–H and O–H groups in total. The van der Waals surface area contributed by atoms with Crippen molar-refractivity contribution in [3.05, 3.63) is 100.0 Å². The third-order valence-corrected chi connectivity index (χ3v) is 6.09. The van der Waals surface area contributed by atoms with Crippen molar-refractivity contribution in [2.45, 2.75) is 12.5 Å². The van der Waals surface area contributed by atoms with Gasteiger partial charge in [-0.3, -0.25) is 4.79 Å². The van der Waals surface area contributed by atoms with Gasteiger partial charge in [0, 0.05) is 33.7 Å². The molecular weight excluding hydrogens is 415 g/mol. The number of benzene rings is 3. The molecule has 1 aromatic heterocycles. The highest BCUT2D eigenvalue weighted by molar-refractivity contribution is 6.31. The normalized spacial score (nSPS) is 15.7. The van der Waals surface area contributed by atoms with Gasteiger partial charge >= 0.3 is 0 Å². The van der Waals surface area contributed by atoms with Crippen LogP contribution in [0.2, 0.25) is 5.02 Å². The molecule has 0 saturated heterocycles. The SMILES string of the molecule is COc1ccc2[nH]c3c(c2c1)CCN(C(=O)c1cccc(Cl)c1)[C@@H]3c1ccc(F)cc1. The molecule has 3 aromatic carbocycles. The van der Waals surface area contributed by atoms with E-state index in [1.807, 2.05) is 23.1 Å². The van der Waals surface area contributed by atoms with Crippen LogP contribution in [-0.4, -0.2) is 29.4 Å². The van der Waals surface area contributed by atoms with Crippen LogP contribution in [0.1, 0.15) is 33.2 Å². The number of methoxy groups -OCH3 is 1. The molecule has 0 bridgehead atoms. The van der Waals surface area contributed by atoms with Crippen LogP contribution in [0.15, 0.2) is 66.7 Å². The van der Waals surface area contributed by atoms with E-state index in [1.165, 1.54) is 12.1 Å². The number of rotatable bonds is 3. The standard InChI is InChI=1S/C25H20ClFN2O2/c1-31-19-9-10-22-21(14-19)20-11-12-29(25(30)16-3-2-4-17(26)13-16)24(23(20)28-22)15-5-7-18(27)8-6-15/h2-10,13-14,24,28H,11-12H2,1H3/t24-/m1/s1. The van der Waals surface area contributed by atoms with Crippen LogP contribution in [-0.2, 0) is 6.42 Å². The maximum absolute atomic E-state index is 13.6. The van der Waals surface area contributed by atoms with Crippen LogP contribution in [0.3, 0.4) is 0 Å². The highest BCUT2D eigenvalue weighted by Crippen LogP contribution is 2.40. The number of hydrogen-bond acceptors (Lipinski definition) is 2. The van der Waals surface area contributed by atoms with Gasteiger partial charge in [-0.2, -0.15) is 0 Å². The van der Waals surface area contributed by atoms with Crippen molar-refractivity contribution in [1.82, 2.24) is 9.88 Å². The number of carbonyl (C=O) groups is 1. The smallest absolute Gasteiger partial charge is 0.254 e. The maximum atomic E-state index is 13.6. The number of nitrogens with zero attached hydrogens (tertiary/aromatic N) is 1. The Kier molecular flexibility index (Phi) is 4.91. The number of amides is 1. The first-order valence-corrected chi connectivity index (χ1v) is 10.4. The lowest BCUT2D eigenvalue weighted by atomic mass is 9.91. The average Bonchev–Trinajstić information content (AvgIpc) is 3.16. The van der Waals surface area contributed by atoms with Gasteiger partial charge in [-0.25, -0.2) is 4.39 Å². The van der Waals surface area contributed by atoms with Gasteiger partial charge in [0.15, 0.2) is 0 Å². The summed E-state index contributed by atoms with van der Waals surface area (Å²) >= 11 is 6.13. The molecule has 1 aliphatic heterocycles. The predicted octanol–water partition coefficient (Wildman–Crippen LogP) is 5.76. The van der Waals surface area contributed by atoms with Crippen LogP contribution in [0.4, 0.5) is 4.39 Å². The second kappa shape index (κ2) is 7.75. The van der Waals surface area contributed by atoms with Crippen molar-refractivity contribution < 1.29 is 13.9 Å². The number of fused-ring (bicyclic) bond motifs is 3. The van der Waals surface area contributed by atoms with E-state index in [-0.39, 0.29) is 17.8 Å². The average molecular weight is 435 g/mol. The third-order valence-electron chi connectivity index (χ3n) is 5.85. The molecule has 0 unspecified atom stereocenters. The fourth-order valence-corrected chi connectivity index (χ4v) is 4.58. The minimum atomic E-state index is -0.366. The van der Waals surface area contributed by atoms with Gasteiger partial charge < -0.3 is 14.6 Å². The van der Waals surface area contributed by atoms with Crippen molar-refractivity contribution in [2.24, 2.45) is 0 Å². The number of halogens is 2. The summed E-state index contributed by atoms with van der Waals surface area (Å²) in [5.74, 6) is 0.359. The van der Waals surface area contributed by atoms with Crippen LogP contribution < -0.4 is 4.74 Å². The molecule has 2 heterocycles. The number of H-pyrrole nitrogens is 1. The number of aromatic nitrogens is 1. The van der Waals surface area contributed by atoms with Gasteiger partial charge in [-0.15, -0.1) is 0 Å². The molecule has 0 saturated carbocycles. The summed E-state index contributed by atoms with van der Waals surface area (Å²) in [6.45, 7) is 0.532. The third kappa shape index (κ3) is 3.45. The molecule has 4 aromatic rings. The summed E-state index contributed by atoms with van der Waals surface area (Å²) in [6, 6.07) is 18.8. The molecule has 5 rings (SSSR count). The minimum absolute atomic E-state index is 0.112. The molecule has 0 aliphatic carbocycles. The molecule has 0 fully saturated rings. The molecule has 156 valence electrons. The van der Waals surface area contributed by atoms with E-state index >= 15 is 0 Å². The topological polar surface area (TPSA) is 45.3 Å². The lowest BCUT2D eigenvalue weighted by Gasteiger charge is -2.36. The van der Waals surface area contributed by atoms with E-state index in [0.717, 1.165) is 33.5 Å². The van der Waals surface area contributed by atoms with Crippen LogP contribution >= 0.6 is 11.6 Å². The number of aromatic amines is 1. The molecule has 6 heteroatoms. The Morgan fingerprint density at radius 2 is 1.94 bits per heavy atom. The Bertz CT molecular complexity index is 1280. The highest BCUT2D eigenvalue weighted by atomic mass is 35.5. The monoisotopic (exact) mass is 434 g/mol. The summed E-state index contributed by atoms with van der Waals surface area (Å²) in [5, 5.41) is 1.59. The Hall–Kier alpha value is -3.31. The summed E-state index contributed by atoms with van der Waals surface area (Å²) in [4.78, 5) is 18.8. The van der Waals surface area contributed by atoms with Gasteiger partial charge in [0.25, 0.3) is 5.91 Å². The summed E-state index contributed by atoms with van der Waals surface area (Å²) in [5.41, 5.74) is 4.45. The van der Waals surface area contributed by atoms with Crippen molar-refractivity contribution in [3.63, 3.8) is 0 Å². The molecule has 31 heavy (non-hydrogen) atoms. The quantitative estimate of drug-likeness (QED) is 0.445. The summed E-state index contributed by atoms with van der Waals surface area (Å²) in [6.07, 6.45) is 0.701. The molecular formula is C25H20ClFN2O2. The molecule has 1 aliphatic rings. The Labute approximate surface area is 184 Å². The predicted molar refractivity (Wildman–Crippen MR) is 119 cm³/mol. The van der Waals surface area contributed by atoms with Gasteiger partial charge in [0.1, 0.15) is 11.6 Å². The van der Waals surface area contributed by atoms with Gasteiger partial charge in [0.2, 0.25) is 0 Å². The number of carbonyl (C=O) groups excluding carboxylic acids is 1. The zero-order chi connectivity index (χ0) is 21.5. The lowest BCUT2D eigenvalue weighted by molar-refractivity contribution is 0.0692. The fraction of sp³-hybridized carbons (Fsp3) is 0.160. The lowest BCUT2D eigenvalue weighted by Crippen LogP contribution is -2.40. The van der Waals surface area contributed by atoms with Gasteiger partial charge in [-0.1, -0.05) is 29.8 Å². The van der Waals surface area contributed by atoms with Gasteiger partial charge in [-0.05, 0) is 66.1 Å². The van der Waals surface area contributed by atoms with E-state index in [4.69, 9.17) is 16.3 Å². The summed E-state index contributed by atoms with van der Waals surface area (Å²) in [7, 11) is 1.65. The first-order chi connectivity index (χ1) is 15.0. The van der Waals surface area contributed by atoms with Crippen molar-refractivity contribution in [1.29, 1.82) is 0 Å². The van der Waals surface area contributed by atoms with E-state index in [1.54, 1.807) is 43.5 Å². The Balaban J connectivity index is 1.66. The number of nitrogens with one attached hydrogen (secondary N) is 1. The zero-order valence-electron chi connectivity index (χ0n) is 16.9. The van der Waals surface area contributed by atoms with Crippen LogP contribution in [0, 0.1) is 5.82 Å². The largest absolute Gasteiger partial charge is 0.497 e. The van der Waals surface area contributed by atoms with E-state index < -0.39 is 0 Å². The molecule has 1 atom stereocenters. The molecule has 0 radical (unpaired) electrons. The van der Waals surface area contributed by atoms with E-state index in [0.29, 0.717) is 23.6 Å². The number of ether oxygens (including phenoxy) is 1. The van der Waals surface area contributed by atoms with E-state index in [2.05, 4.69) is 4.98 Å². The van der Waals surface area contributed by atoms with Gasteiger partial charge in [0.05, 0.1) is 13.2 Å². The fourth-order valence-electron chi connectivity index (χ4n) is 4.39.